The van der Waals surface area contributed by atoms with E-state index in [1.165, 1.54) is 11.1 Å². The lowest BCUT2D eigenvalue weighted by molar-refractivity contribution is 0.00701. The summed E-state index contributed by atoms with van der Waals surface area (Å²) in [5.74, 6) is 0.977. The molecule has 0 aromatic heterocycles. The zero-order valence-electron chi connectivity index (χ0n) is 12.0. The quantitative estimate of drug-likeness (QED) is 0.888. The number of aryl methyl sites for hydroxylation is 1. The van der Waals surface area contributed by atoms with E-state index < -0.39 is 0 Å². The largest absolute Gasteiger partial charge is 0.488 e. The Morgan fingerprint density at radius 3 is 3.00 bits per heavy atom. The molecule has 2 rings (SSSR count). The van der Waals surface area contributed by atoms with E-state index in [9.17, 15) is 0 Å². The number of hydrogen-bond acceptors (Lipinski definition) is 3. The number of ether oxygens (including phenoxy) is 2. The number of nitrogens with two attached hydrogens (primary N) is 1. The fourth-order valence-corrected chi connectivity index (χ4v) is 2.39. The van der Waals surface area contributed by atoms with E-state index in [1.807, 2.05) is 0 Å². The van der Waals surface area contributed by atoms with Gasteiger partial charge in [-0.3, -0.25) is 0 Å². The SMILES string of the molecule is CCC(N)Cc1cc(C)ccc1OC1CCCOC1. The maximum absolute atomic E-state index is 6.11. The molecule has 2 unspecified atom stereocenters. The molecule has 2 N–H and O–H groups in total. The van der Waals surface area contributed by atoms with Crippen molar-refractivity contribution in [2.75, 3.05) is 13.2 Å². The summed E-state index contributed by atoms with van der Waals surface area (Å²) in [4.78, 5) is 0. The summed E-state index contributed by atoms with van der Waals surface area (Å²) >= 11 is 0. The zero-order chi connectivity index (χ0) is 13.7. The third-order valence-corrected chi connectivity index (χ3v) is 3.63. The van der Waals surface area contributed by atoms with Crippen LogP contribution in [0.3, 0.4) is 0 Å². The molecule has 0 amide bonds. The first-order valence-electron chi connectivity index (χ1n) is 7.28. The molecule has 19 heavy (non-hydrogen) atoms. The molecule has 3 nitrogen and oxygen atoms in total. The summed E-state index contributed by atoms with van der Waals surface area (Å²) in [7, 11) is 0. The van der Waals surface area contributed by atoms with E-state index in [0.717, 1.165) is 38.0 Å². The average Bonchev–Trinajstić information content (AvgIpc) is 2.43. The first-order chi connectivity index (χ1) is 9.19. The minimum atomic E-state index is 0.188. The van der Waals surface area contributed by atoms with Gasteiger partial charge in [0.1, 0.15) is 11.9 Å². The van der Waals surface area contributed by atoms with Gasteiger partial charge in [-0.25, -0.2) is 0 Å². The van der Waals surface area contributed by atoms with E-state index >= 15 is 0 Å². The van der Waals surface area contributed by atoms with Gasteiger partial charge in [-0.1, -0.05) is 24.6 Å². The monoisotopic (exact) mass is 263 g/mol. The average molecular weight is 263 g/mol. The smallest absolute Gasteiger partial charge is 0.123 e. The third-order valence-electron chi connectivity index (χ3n) is 3.63. The first kappa shape index (κ1) is 14.4. The molecular formula is C16H25NO2. The minimum absolute atomic E-state index is 0.188. The van der Waals surface area contributed by atoms with Gasteiger partial charge in [0.2, 0.25) is 0 Å². The Hall–Kier alpha value is -1.06. The van der Waals surface area contributed by atoms with E-state index in [1.54, 1.807) is 0 Å². The summed E-state index contributed by atoms with van der Waals surface area (Å²) in [5.41, 5.74) is 8.55. The predicted octanol–water partition coefficient (Wildman–Crippen LogP) is 2.83. The fraction of sp³-hybridized carbons (Fsp3) is 0.625. The second-order valence-corrected chi connectivity index (χ2v) is 5.44. The highest BCUT2D eigenvalue weighted by molar-refractivity contribution is 5.37. The lowest BCUT2D eigenvalue weighted by atomic mass is 10.0. The van der Waals surface area contributed by atoms with Gasteiger partial charge in [-0.2, -0.15) is 0 Å². The Kier molecular flexibility index (Phi) is 5.23. The van der Waals surface area contributed by atoms with Gasteiger partial charge in [0, 0.05) is 12.6 Å². The van der Waals surface area contributed by atoms with E-state index in [4.69, 9.17) is 15.2 Å². The van der Waals surface area contributed by atoms with Crippen molar-refractivity contribution < 1.29 is 9.47 Å². The van der Waals surface area contributed by atoms with Crippen LogP contribution < -0.4 is 10.5 Å². The van der Waals surface area contributed by atoms with Crippen molar-refractivity contribution >= 4 is 0 Å². The van der Waals surface area contributed by atoms with Crippen molar-refractivity contribution in [3.05, 3.63) is 29.3 Å². The molecule has 1 aromatic carbocycles. The Morgan fingerprint density at radius 2 is 2.32 bits per heavy atom. The van der Waals surface area contributed by atoms with E-state index in [2.05, 4.69) is 32.0 Å². The van der Waals surface area contributed by atoms with Crippen LogP contribution in [-0.2, 0) is 11.2 Å². The van der Waals surface area contributed by atoms with Crippen LogP contribution in [-0.4, -0.2) is 25.4 Å². The van der Waals surface area contributed by atoms with Crippen molar-refractivity contribution in [1.82, 2.24) is 0 Å². The lowest BCUT2D eigenvalue weighted by Crippen LogP contribution is -2.29. The molecule has 0 saturated carbocycles. The Balaban J connectivity index is 2.09. The zero-order valence-corrected chi connectivity index (χ0v) is 12.0. The molecule has 0 bridgehead atoms. The normalized spacial score (nSPS) is 21.1. The summed E-state index contributed by atoms with van der Waals surface area (Å²) in [5, 5.41) is 0. The first-order valence-corrected chi connectivity index (χ1v) is 7.28. The van der Waals surface area contributed by atoms with Crippen molar-refractivity contribution in [3.63, 3.8) is 0 Å². The summed E-state index contributed by atoms with van der Waals surface area (Å²) < 4.78 is 11.6. The number of hydrogen-bond donors (Lipinski definition) is 1. The van der Waals surface area contributed by atoms with Crippen LogP contribution in [0.2, 0.25) is 0 Å². The van der Waals surface area contributed by atoms with Crippen LogP contribution in [0.25, 0.3) is 0 Å². The molecule has 1 aromatic rings. The number of rotatable bonds is 5. The molecule has 1 aliphatic rings. The van der Waals surface area contributed by atoms with E-state index in [-0.39, 0.29) is 12.1 Å². The minimum Gasteiger partial charge on any atom is -0.488 e. The van der Waals surface area contributed by atoms with Gasteiger partial charge in [0.05, 0.1) is 6.61 Å². The summed E-state index contributed by atoms with van der Waals surface area (Å²) in [6.07, 6.45) is 4.21. The third kappa shape index (κ3) is 4.22. The molecule has 1 heterocycles. The Labute approximate surface area is 116 Å². The van der Waals surface area contributed by atoms with Gasteiger partial charge in [0.15, 0.2) is 0 Å². The lowest BCUT2D eigenvalue weighted by Gasteiger charge is -2.25. The van der Waals surface area contributed by atoms with Crippen LogP contribution in [0.4, 0.5) is 0 Å². The summed E-state index contributed by atoms with van der Waals surface area (Å²) in [6, 6.07) is 6.56. The van der Waals surface area contributed by atoms with Gasteiger partial charge >= 0.3 is 0 Å². The van der Waals surface area contributed by atoms with Gasteiger partial charge in [-0.05, 0) is 44.2 Å². The molecule has 1 fully saturated rings. The standard InChI is InChI=1S/C16H25NO2/c1-3-14(17)10-13-9-12(2)6-7-16(13)19-15-5-4-8-18-11-15/h6-7,9,14-15H,3-5,8,10-11,17H2,1-2H3. The molecule has 3 heteroatoms. The highest BCUT2D eigenvalue weighted by atomic mass is 16.5. The second kappa shape index (κ2) is 6.92. The second-order valence-electron chi connectivity index (χ2n) is 5.44. The Morgan fingerprint density at radius 1 is 1.47 bits per heavy atom. The Bertz CT molecular complexity index is 400. The van der Waals surface area contributed by atoms with Crippen LogP contribution in [0.15, 0.2) is 18.2 Å². The maximum atomic E-state index is 6.11. The molecule has 0 spiro atoms. The van der Waals surface area contributed by atoms with Crippen LogP contribution in [0.1, 0.15) is 37.3 Å². The molecule has 2 atom stereocenters. The molecule has 0 radical (unpaired) electrons. The van der Waals surface area contributed by atoms with Gasteiger partial charge in [0.25, 0.3) is 0 Å². The summed E-state index contributed by atoms with van der Waals surface area (Å²) in [6.45, 7) is 5.79. The molecule has 106 valence electrons. The van der Waals surface area contributed by atoms with Crippen LogP contribution >= 0.6 is 0 Å². The van der Waals surface area contributed by atoms with Crippen molar-refractivity contribution in [2.45, 2.75) is 51.7 Å². The highest BCUT2D eigenvalue weighted by Gasteiger charge is 2.17. The molecule has 1 saturated heterocycles. The fourth-order valence-electron chi connectivity index (χ4n) is 2.39. The highest BCUT2D eigenvalue weighted by Crippen LogP contribution is 2.25. The van der Waals surface area contributed by atoms with Crippen molar-refractivity contribution in [3.8, 4) is 5.75 Å². The predicted molar refractivity (Wildman–Crippen MR) is 77.6 cm³/mol. The van der Waals surface area contributed by atoms with Gasteiger partial charge < -0.3 is 15.2 Å². The topological polar surface area (TPSA) is 44.5 Å². The van der Waals surface area contributed by atoms with Crippen LogP contribution in [0.5, 0.6) is 5.75 Å². The van der Waals surface area contributed by atoms with Crippen molar-refractivity contribution in [1.29, 1.82) is 0 Å². The molecule has 0 aliphatic carbocycles. The van der Waals surface area contributed by atoms with Gasteiger partial charge in [-0.15, -0.1) is 0 Å². The maximum Gasteiger partial charge on any atom is 0.123 e. The molecule has 1 aliphatic heterocycles. The van der Waals surface area contributed by atoms with Crippen LogP contribution in [0, 0.1) is 6.92 Å². The van der Waals surface area contributed by atoms with E-state index in [0.29, 0.717) is 6.61 Å². The molecular weight excluding hydrogens is 238 g/mol. The van der Waals surface area contributed by atoms with Crippen molar-refractivity contribution in [2.24, 2.45) is 5.73 Å². The number of benzene rings is 1.